The summed E-state index contributed by atoms with van der Waals surface area (Å²) in [6.45, 7) is 0. The number of rotatable bonds is 3. The number of halogens is 1. The molecule has 0 fully saturated rings. The first-order chi connectivity index (χ1) is 10.3. The van der Waals surface area contributed by atoms with E-state index in [1.165, 1.54) is 0 Å². The van der Waals surface area contributed by atoms with Crippen LogP contribution in [0.4, 0.5) is 0 Å². The van der Waals surface area contributed by atoms with Gasteiger partial charge in [0.2, 0.25) is 0 Å². The Kier molecular flexibility index (Phi) is 3.89. The molecular weight excluding hydrogens is 282 g/mol. The van der Waals surface area contributed by atoms with Crippen LogP contribution in [0.15, 0.2) is 54.6 Å². The Labute approximate surface area is 128 Å². The summed E-state index contributed by atoms with van der Waals surface area (Å²) in [5, 5.41) is 1.79. The number of hydrogen-bond donors (Lipinski definition) is 0. The van der Waals surface area contributed by atoms with Gasteiger partial charge in [0.15, 0.2) is 0 Å². The first-order valence-electron chi connectivity index (χ1n) is 6.64. The van der Waals surface area contributed by atoms with E-state index in [0.29, 0.717) is 0 Å². The fourth-order valence-electron chi connectivity index (χ4n) is 2.12. The van der Waals surface area contributed by atoms with Gasteiger partial charge in [-0.15, -0.1) is 0 Å². The summed E-state index contributed by atoms with van der Waals surface area (Å²) in [5.41, 5.74) is 2.82. The largest absolute Gasteiger partial charge is 0.497 e. The van der Waals surface area contributed by atoms with Crippen molar-refractivity contribution in [3.05, 3.63) is 70.9 Å². The predicted molar refractivity (Wildman–Crippen MR) is 88.7 cm³/mol. The van der Waals surface area contributed by atoms with Crippen LogP contribution in [0.25, 0.3) is 23.1 Å². The van der Waals surface area contributed by atoms with Gasteiger partial charge in [0.1, 0.15) is 5.75 Å². The first kappa shape index (κ1) is 13.7. The lowest BCUT2D eigenvalue weighted by molar-refractivity contribution is 0.415. The van der Waals surface area contributed by atoms with Gasteiger partial charge in [-0.2, -0.15) is 0 Å². The lowest BCUT2D eigenvalue weighted by Gasteiger charge is -2.03. The SMILES string of the molecule is COc1ccc2nc(/C=C/c3ccccc3Cl)ccc2c1. The number of ether oxygens (including phenoxy) is 1. The second-order valence-electron chi connectivity index (χ2n) is 4.65. The van der Waals surface area contributed by atoms with E-state index in [2.05, 4.69) is 4.98 Å². The molecule has 3 heteroatoms. The number of benzene rings is 2. The Morgan fingerprint density at radius 2 is 1.86 bits per heavy atom. The van der Waals surface area contributed by atoms with E-state index < -0.39 is 0 Å². The number of hydrogen-bond acceptors (Lipinski definition) is 2. The van der Waals surface area contributed by atoms with Crippen LogP contribution in [-0.2, 0) is 0 Å². The maximum absolute atomic E-state index is 6.13. The van der Waals surface area contributed by atoms with Gasteiger partial charge in [-0.25, -0.2) is 4.98 Å². The number of aromatic nitrogens is 1. The summed E-state index contributed by atoms with van der Waals surface area (Å²) in [5.74, 6) is 0.837. The van der Waals surface area contributed by atoms with Crippen LogP contribution in [0.5, 0.6) is 5.75 Å². The van der Waals surface area contributed by atoms with E-state index in [4.69, 9.17) is 16.3 Å². The van der Waals surface area contributed by atoms with Gasteiger partial charge in [-0.1, -0.05) is 41.9 Å². The van der Waals surface area contributed by atoms with Crippen molar-refractivity contribution in [1.82, 2.24) is 4.98 Å². The zero-order valence-electron chi connectivity index (χ0n) is 11.6. The molecule has 0 saturated carbocycles. The average Bonchev–Trinajstić information content (AvgIpc) is 2.53. The monoisotopic (exact) mass is 295 g/mol. The maximum atomic E-state index is 6.13. The van der Waals surface area contributed by atoms with Crippen molar-refractivity contribution in [3.8, 4) is 5.75 Å². The van der Waals surface area contributed by atoms with Gasteiger partial charge in [-0.3, -0.25) is 0 Å². The highest BCUT2D eigenvalue weighted by Gasteiger charge is 1.99. The van der Waals surface area contributed by atoms with Crippen molar-refractivity contribution in [3.63, 3.8) is 0 Å². The van der Waals surface area contributed by atoms with Gasteiger partial charge in [0.25, 0.3) is 0 Å². The Morgan fingerprint density at radius 1 is 1.00 bits per heavy atom. The number of fused-ring (bicyclic) bond motifs is 1. The average molecular weight is 296 g/mol. The van der Waals surface area contributed by atoms with Crippen molar-refractivity contribution in [1.29, 1.82) is 0 Å². The Hall–Kier alpha value is -2.32. The molecule has 21 heavy (non-hydrogen) atoms. The summed E-state index contributed by atoms with van der Waals surface area (Å²) in [7, 11) is 1.66. The molecule has 0 unspecified atom stereocenters. The summed E-state index contributed by atoms with van der Waals surface area (Å²) < 4.78 is 5.21. The van der Waals surface area contributed by atoms with Crippen LogP contribution in [0, 0.1) is 0 Å². The zero-order valence-corrected chi connectivity index (χ0v) is 12.3. The van der Waals surface area contributed by atoms with Gasteiger partial charge in [0.05, 0.1) is 18.3 Å². The lowest BCUT2D eigenvalue weighted by atomic mass is 10.1. The third-order valence-corrected chi connectivity index (χ3v) is 3.60. The summed E-state index contributed by atoms with van der Waals surface area (Å²) in [4.78, 5) is 4.61. The molecular formula is C18H14ClNO. The maximum Gasteiger partial charge on any atom is 0.119 e. The molecule has 104 valence electrons. The number of pyridine rings is 1. The van der Waals surface area contributed by atoms with Gasteiger partial charge < -0.3 is 4.74 Å². The fraction of sp³-hybridized carbons (Fsp3) is 0.0556. The Balaban J connectivity index is 1.93. The van der Waals surface area contributed by atoms with Crippen LogP contribution < -0.4 is 4.74 Å². The van der Waals surface area contributed by atoms with E-state index in [1.807, 2.05) is 66.7 Å². The van der Waals surface area contributed by atoms with Crippen molar-refractivity contribution in [2.45, 2.75) is 0 Å². The van der Waals surface area contributed by atoms with Crippen molar-refractivity contribution < 1.29 is 4.74 Å². The van der Waals surface area contributed by atoms with Gasteiger partial charge in [0, 0.05) is 10.4 Å². The summed E-state index contributed by atoms with van der Waals surface area (Å²) in [6.07, 6.45) is 3.94. The molecule has 3 rings (SSSR count). The molecule has 1 heterocycles. The second-order valence-corrected chi connectivity index (χ2v) is 5.06. The molecule has 0 aliphatic heterocycles. The lowest BCUT2D eigenvalue weighted by Crippen LogP contribution is -1.86. The molecule has 0 saturated heterocycles. The molecule has 2 nitrogen and oxygen atoms in total. The second kappa shape index (κ2) is 5.98. The molecule has 0 radical (unpaired) electrons. The molecule has 0 aliphatic rings. The minimum atomic E-state index is 0.735. The van der Waals surface area contributed by atoms with Crippen LogP contribution in [-0.4, -0.2) is 12.1 Å². The Morgan fingerprint density at radius 3 is 2.67 bits per heavy atom. The highest BCUT2D eigenvalue weighted by atomic mass is 35.5. The minimum absolute atomic E-state index is 0.735. The van der Waals surface area contributed by atoms with E-state index in [1.54, 1.807) is 7.11 Å². The van der Waals surface area contributed by atoms with Gasteiger partial charge >= 0.3 is 0 Å². The smallest absolute Gasteiger partial charge is 0.119 e. The third kappa shape index (κ3) is 3.06. The number of methoxy groups -OCH3 is 1. The van der Waals surface area contributed by atoms with Crippen LogP contribution in [0.1, 0.15) is 11.3 Å². The van der Waals surface area contributed by atoms with Crippen LogP contribution in [0.3, 0.4) is 0 Å². The summed E-state index contributed by atoms with van der Waals surface area (Å²) >= 11 is 6.13. The molecule has 0 atom stereocenters. The van der Waals surface area contributed by atoms with E-state index in [0.717, 1.165) is 32.9 Å². The van der Waals surface area contributed by atoms with Crippen molar-refractivity contribution in [2.75, 3.05) is 7.11 Å². The van der Waals surface area contributed by atoms with Gasteiger partial charge in [-0.05, 0) is 42.0 Å². The number of nitrogens with zero attached hydrogens (tertiary/aromatic N) is 1. The zero-order chi connectivity index (χ0) is 14.7. The van der Waals surface area contributed by atoms with Crippen molar-refractivity contribution in [2.24, 2.45) is 0 Å². The molecule has 0 amide bonds. The fourth-order valence-corrected chi connectivity index (χ4v) is 2.32. The van der Waals surface area contributed by atoms with E-state index in [9.17, 15) is 0 Å². The normalized spacial score (nSPS) is 11.1. The molecule has 0 spiro atoms. The Bertz CT molecular complexity index is 811. The quantitative estimate of drug-likeness (QED) is 0.673. The highest BCUT2D eigenvalue weighted by Crippen LogP contribution is 2.21. The molecule has 1 aromatic heterocycles. The molecule has 0 N–H and O–H groups in total. The predicted octanol–water partition coefficient (Wildman–Crippen LogP) is 5.07. The van der Waals surface area contributed by atoms with Crippen LogP contribution in [0.2, 0.25) is 5.02 Å². The summed E-state index contributed by atoms with van der Waals surface area (Å²) in [6, 6.07) is 17.6. The first-order valence-corrected chi connectivity index (χ1v) is 7.01. The highest BCUT2D eigenvalue weighted by molar-refractivity contribution is 6.32. The van der Waals surface area contributed by atoms with E-state index in [-0.39, 0.29) is 0 Å². The molecule has 0 aliphatic carbocycles. The molecule has 3 aromatic rings. The van der Waals surface area contributed by atoms with Crippen molar-refractivity contribution >= 4 is 34.7 Å². The molecule has 2 aromatic carbocycles. The van der Waals surface area contributed by atoms with E-state index >= 15 is 0 Å². The topological polar surface area (TPSA) is 22.1 Å². The minimum Gasteiger partial charge on any atom is -0.497 e. The standard InChI is InChI=1S/C18H14ClNO/c1-21-16-10-11-18-14(12-16)7-9-15(20-18)8-6-13-4-2-3-5-17(13)19/h2-12H,1H3/b8-6+. The molecule has 0 bridgehead atoms. The van der Waals surface area contributed by atoms with Crippen LogP contribution >= 0.6 is 11.6 Å². The third-order valence-electron chi connectivity index (χ3n) is 3.26.